The van der Waals surface area contributed by atoms with Gasteiger partial charge in [-0.25, -0.2) is 0 Å². The topological polar surface area (TPSA) is 79.7 Å². The van der Waals surface area contributed by atoms with Crippen LogP contribution >= 0.6 is 11.6 Å². The van der Waals surface area contributed by atoms with Crippen molar-refractivity contribution in [1.82, 2.24) is 9.88 Å². The first-order chi connectivity index (χ1) is 16.0. The highest BCUT2D eigenvalue weighted by Gasteiger charge is 2.46. The molecule has 1 N–H and O–H groups in total. The van der Waals surface area contributed by atoms with Crippen molar-refractivity contribution in [2.24, 2.45) is 0 Å². The minimum absolute atomic E-state index is 0.0194. The lowest BCUT2D eigenvalue weighted by Crippen LogP contribution is -2.29. The van der Waals surface area contributed by atoms with E-state index in [1.165, 1.54) is 4.90 Å². The van der Waals surface area contributed by atoms with Crippen LogP contribution in [0, 0.1) is 0 Å². The van der Waals surface area contributed by atoms with Gasteiger partial charge in [-0.15, -0.1) is 0 Å². The zero-order chi connectivity index (χ0) is 23.4. The Bertz CT molecular complexity index is 1210. The summed E-state index contributed by atoms with van der Waals surface area (Å²) in [7, 11) is 0. The molecule has 4 rings (SSSR count). The SMILES string of the molecule is C=CCOc1ccc([C@@H]2C(=C(O)c3ccc(Cl)cc3)C(=O)C(=O)N2Cc2cccnc2)cc1. The Balaban J connectivity index is 1.80. The molecule has 0 unspecified atom stereocenters. The number of hydrogen-bond donors (Lipinski definition) is 1. The minimum atomic E-state index is -0.783. The zero-order valence-electron chi connectivity index (χ0n) is 17.6. The van der Waals surface area contributed by atoms with Crippen LogP contribution in [0.25, 0.3) is 5.76 Å². The molecule has 6 nitrogen and oxygen atoms in total. The summed E-state index contributed by atoms with van der Waals surface area (Å²) in [5.41, 5.74) is 1.85. The Morgan fingerprint density at radius 1 is 1.12 bits per heavy atom. The van der Waals surface area contributed by atoms with Crippen molar-refractivity contribution in [3.63, 3.8) is 0 Å². The van der Waals surface area contributed by atoms with Gasteiger partial charge in [0.1, 0.15) is 18.1 Å². The van der Waals surface area contributed by atoms with Crippen LogP contribution in [-0.2, 0) is 16.1 Å². The predicted octanol–water partition coefficient (Wildman–Crippen LogP) is 4.92. The largest absolute Gasteiger partial charge is 0.507 e. The summed E-state index contributed by atoms with van der Waals surface area (Å²) in [5.74, 6) is -1.06. The molecule has 1 amide bonds. The number of ketones is 1. The lowest BCUT2D eigenvalue weighted by Gasteiger charge is -2.25. The number of likely N-dealkylation sites (tertiary alicyclic amines) is 1. The number of ether oxygens (including phenoxy) is 1. The molecule has 2 heterocycles. The molecule has 7 heteroatoms. The monoisotopic (exact) mass is 460 g/mol. The number of benzene rings is 2. The van der Waals surface area contributed by atoms with E-state index >= 15 is 0 Å². The van der Waals surface area contributed by atoms with E-state index in [2.05, 4.69) is 11.6 Å². The summed E-state index contributed by atoms with van der Waals surface area (Å²) in [4.78, 5) is 31.7. The summed E-state index contributed by atoms with van der Waals surface area (Å²) >= 11 is 5.97. The average molecular weight is 461 g/mol. The second-order valence-electron chi connectivity index (χ2n) is 7.46. The highest BCUT2D eigenvalue weighted by atomic mass is 35.5. The molecular weight excluding hydrogens is 440 g/mol. The van der Waals surface area contributed by atoms with Crippen molar-refractivity contribution in [2.75, 3.05) is 6.61 Å². The Morgan fingerprint density at radius 3 is 2.48 bits per heavy atom. The van der Waals surface area contributed by atoms with Gasteiger partial charge in [0.05, 0.1) is 11.6 Å². The van der Waals surface area contributed by atoms with Crippen LogP contribution in [0.1, 0.15) is 22.7 Å². The Kier molecular flexibility index (Phi) is 6.56. The highest BCUT2D eigenvalue weighted by molar-refractivity contribution is 6.46. The quantitative estimate of drug-likeness (QED) is 0.234. The maximum Gasteiger partial charge on any atom is 0.295 e. The van der Waals surface area contributed by atoms with E-state index < -0.39 is 17.7 Å². The second-order valence-corrected chi connectivity index (χ2v) is 7.90. The number of rotatable bonds is 7. The van der Waals surface area contributed by atoms with Gasteiger partial charge in [0.15, 0.2) is 0 Å². The van der Waals surface area contributed by atoms with Crippen LogP contribution in [-0.4, -0.2) is 33.3 Å². The first-order valence-electron chi connectivity index (χ1n) is 10.3. The van der Waals surface area contributed by atoms with Crippen LogP contribution in [0.2, 0.25) is 5.02 Å². The van der Waals surface area contributed by atoms with E-state index in [0.717, 1.165) is 5.56 Å². The van der Waals surface area contributed by atoms with Crippen molar-refractivity contribution in [2.45, 2.75) is 12.6 Å². The Morgan fingerprint density at radius 2 is 1.85 bits per heavy atom. The van der Waals surface area contributed by atoms with Gasteiger partial charge in [0.25, 0.3) is 11.7 Å². The van der Waals surface area contributed by atoms with Crippen LogP contribution in [0.3, 0.4) is 0 Å². The fraction of sp³-hybridized carbons (Fsp3) is 0.115. The van der Waals surface area contributed by atoms with Crippen molar-refractivity contribution in [3.8, 4) is 5.75 Å². The molecule has 0 spiro atoms. The maximum absolute atomic E-state index is 13.1. The number of hydrogen-bond acceptors (Lipinski definition) is 5. The lowest BCUT2D eigenvalue weighted by molar-refractivity contribution is -0.140. The predicted molar refractivity (Wildman–Crippen MR) is 126 cm³/mol. The maximum atomic E-state index is 13.1. The first-order valence-corrected chi connectivity index (χ1v) is 10.6. The summed E-state index contributed by atoms with van der Waals surface area (Å²) in [5, 5.41) is 11.6. The van der Waals surface area contributed by atoms with Crippen molar-refractivity contribution in [3.05, 3.63) is 113 Å². The molecule has 1 saturated heterocycles. The van der Waals surface area contributed by atoms with Crippen LogP contribution in [0.15, 0.2) is 91.3 Å². The van der Waals surface area contributed by atoms with E-state index in [4.69, 9.17) is 16.3 Å². The molecule has 0 saturated carbocycles. The summed E-state index contributed by atoms with van der Waals surface area (Å²) in [6.45, 7) is 4.15. The van der Waals surface area contributed by atoms with Gasteiger partial charge < -0.3 is 14.7 Å². The van der Waals surface area contributed by atoms with Crippen molar-refractivity contribution >= 4 is 29.1 Å². The number of amides is 1. The van der Waals surface area contributed by atoms with E-state index in [9.17, 15) is 14.7 Å². The fourth-order valence-electron chi connectivity index (χ4n) is 3.74. The van der Waals surface area contributed by atoms with Crippen LogP contribution < -0.4 is 4.74 Å². The van der Waals surface area contributed by atoms with E-state index in [1.807, 2.05) is 6.07 Å². The number of aromatic nitrogens is 1. The zero-order valence-corrected chi connectivity index (χ0v) is 18.4. The lowest BCUT2D eigenvalue weighted by atomic mass is 9.95. The van der Waals surface area contributed by atoms with E-state index in [-0.39, 0.29) is 17.9 Å². The number of carbonyl (C=O) groups excluding carboxylic acids is 2. The highest BCUT2D eigenvalue weighted by Crippen LogP contribution is 2.40. The summed E-state index contributed by atoms with van der Waals surface area (Å²) < 4.78 is 5.54. The third-order valence-electron chi connectivity index (χ3n) is 5.30. The standard InChI is InChI=1S/C26H21ClN2O4/c1-2-14-33-21-11-7-18(8-12-21)23-22(24(30)19-5-9-20(27)10-6-19)25(31)26(32)29(23)16-17-4-3-13-28-15-17/h2-13,15,23,30H,1,14,16H2/t23-/m1/s1. The van der Waals surface area contributed by atoms with Crippen molar-refractivity contribution < 1.29 is 19.4 Å². The molecule has 1 aliphatic rings. The van der Waals surface area contributed by atoms with Gasteiger partial charge in [0, 0.05) is 29.5 Å². The van der Waals surface area contributed by atoms with E-state index in [1.54, 1.807) is 73.1 Å². The van der Waals surface area contributed by atoms with Crippen LogP contribution in [0.4, 0.5) is 0 Å². The normalized spacial score (nSPS) is 17.2. The molecular formula is C26H21ClN2O4. The van der Waals surface area contributed by atoms with Gasteiger partial charge in [-0.3, -0.25) is 14.6 Å². The molecule has 1 fully saturated rings. The average Bonchev–Trinajstić information content (AvgIpc) is 3.08. The molecule has 33 heavy (non-hydrogen) atoms. The van der Waals surface area contributed by atoms with Crippen LogP contribution in [0.5, 0.6) is 5.75 Å². The summed E-state index contributed by atoms with van der Waals surface area (Å²) in [6.07, 6.45) is 4.92. The van der Waals surface area contributed by atoms with E-state index in [0.29, 0.717) is 28.5 Å². The number of nitrogens with zero attached hydrogens (tertiary/aromatic N) is 2. The summed E-state index contributed by atoms with van der Waals surface area (Å²) in [6, 6.07) is 16.3. The molecule has 0 radical (unpaired) electrons. The van der Waals surface area contributed by atoms with Gasteiger partial charge in [-0.2, -0.15) is 0 Å². The van der Waals surface area contributed by atoms with Gasteiger partial charge >= 0.3 is 0 Å². The fourth-order valence-corrected chi connectivity index (χ4v) is 3.87. The molecule has 3 aromatic rings. The number of aliphatic hydroxyl groups is 1. The molecule has 1 aliphatic heterocycles. The number of carbonyl (C=O) groups is 2. The van der Waals surface area contributed by atoms with Crippen molar-refractivity contribution in [1.29, 1.82) is 0 Å². The third kappa shape index (κ3) is 4.66. The second kappa shape index (κ2) is 9.71. The minimum Gasteiger partial charge on any atom is -0.507 e. The first kappa shape index (κ1) is 22.3. The molecule has 0 bridgehead atoms. The third-order valence-corrected chi connectivity index (χ3v) is 5.55. The van der Waals surface area contributed by atoms with Gasteiger partial charge in [0.2, 0.25) is 0 Å². The van der Waals surface area contributed by atoms with Gasteiger partial charge in [-0.1, -0.05) is 42.5 Å². The van der Waals surface area contributed by atoms with Gasteiger partial charge in [-0.05, 0) is 53.6 Å². The number of pyridine rings is 1. The smallest absolute Gasteiger partial charge is 0.295 e. The Labute approximate surface area is 196 Å². The number of Topliss-reactive ketones (excluding diaryl/α,β-unsaturated/α-hetero) is 1. The molecule has 2 aromatic carbocycles. The molecule has 166 valence electrons. The number of halogens is 1. The molecule has 1 aromatic heterocycles. The Hall–Kier alpha value is -3.90. The number of aliphatic hydroxyl groups excluding tert-OH is 1. The molecule has 0 aliphatic carbocycles. The molecule has 1 atom stereocenters.